The van der Waals surface area contributed by atoms with Gasteiger partial charge >= 0.3 is 10.0 Å². The second-order valence-electron chi connectivity index (χ2n) is 4.95. The molecule has 0 saturated heterocycles. The van der Waals surface area contributed by atoms with E-state index in [0.29, 0.717) is 9.75 Å². The van der Waals surface area contributed by atoms with Crippen molar-refractivity contribution in [2.75, 3.05) is 0 Å². The number of nitro groups is 2. The van der Waals surface area contributed by atoms with Crippen LogP contribution in [0, 0.1) is 20.2 Å². The first-order valence-electron chi connectivity index (χ1n) is 7.47. The van der Waals surface area contributed by atoms with Crippen molar-refractivity contribution in [2.45, 2.75) is 12.8 Å². The number of carbonyl (C=O) groups is 2. The van der Waals surface area contributed by atoms with Crippen LogP contribution in [0.25, 0.3) is 0 Å². The van der Waals surface area contributed by atoms with Gasteiger partial charge in [-0.25, -0.2) is 10.9 Å². The molecule has 14 heteroatoms. The number of amides is 2. The van der Waals surface area contributed by atoms with Crippen LogP contribution in [0.4, 0.5) is 10.0 Å². The van der Waals surface area contributed by atoms with Gasteiger partial charge in [-0.2, -0.15) is 10.2 Å². The zero-order chi connectivity index (χ0) is 20.5. The van der Waals surface area contributed by atoms with E-state index in [4.69, 9.17) is 0 Å². The number of hydrogen-bond acceptors (Lipinski definition) is 10. The van der Waals surface area contributed by atoms with Crippen LogP contribution in [0.3, 0.4) is 0 Å². The van der Waals surface area contributed by atoms with Crippen molar-refractivity contribution in [1.82, 2.24) is 10.9 Å². The number of nitrogens with zero attached hydrogens (tertiary/aromatic N) is 4. The highest BCUT2D eigenvalue weighted by molar-refractivity contribution is 7.17. The number of nitrogens with one attached hydrogen (secondary N) is 2. The maximum Gasteiger partial charge on any atom is 0.324 e. The second-order valence-corrected chi connectivity index (χ2v) is 7.14. The molecule has 0 radical (unpaired) electrons. The summed E-state index contributed by atoms with van der Waals surface area (Å²) in [4.78, 5) is 44.3. The molecule has 0 unspecified atom stereocenters. The predicted molar refractivity (Wildman–Crippen MR) is 103 cm³/mol. The van der Waals surface area contributed by atoms with Crippen LogP contribution in [0.1, 0.15) is 22.6 Å². The van der Waals surface area contributed by atoms with Crippen LogP contribution >= 0.6 is 22.7 Å². The third-order valence-corrected chi connectivity index (χ3v) is 4.87. The molecular weight excluding hydrogens is 412 g/mol. The van der Waals surface area contributed by atoms with E-state index in [2.05, 4.69) is 21.1 Å². The lowest BCUT2D eigenvalue weighted by atomic mass is 10.3. The Morgan fingerprint density at radius 2 is 1.25 bits per heavy atom. The largest absolute Gasteiger partial charge is 0.324 e. The van der Waals surface area contributed by atoms with Crippen LogP contribution in [0.15, 0.2) is 34.5 Å². The standard InChI is InChI=1S/C14H12N6O6S2/c21-11(17-15-7-9-1-5-13(27-9)19(23)24)3-4-12(22)18-16-8-10-2-6-14(28-10)20(25)26/h1-2,5-8H,3-4H2,(H,17,21)(H,18,22)/b15-7-,16-8+. The molecule has 0 aliphatic rings. The summed E-state index contributed by atoms with van der Waals surface area (Å²) < 4.78 is 0. The quantitative estimate of drug-likeness (QED) is 0.354. The van der Waals surface area contributed by atoms with Gasteiger partial charge in [-0.05, 0) is 12.1 Å². The Kier molecular flexibility index (Phi) is 7.41. The molecule has 2 N–H and O–H groups in total. The first kappa shape index (κ1) is 20.8. The van der Waals surface area contributed by atoms with E-state index in [1.165, 1.54) is 36.7 Å². The first-order chi connectivity index (χ1) is 13.3. The number of thiophene rings is 2. The van der Waals surface area contributed by atoms with Gasteiger partial charge in [0, 0.05) is 25.0 Å². The predicted octanol–water partition coefficient (Wildman–Crippen LogP) is 2.01. The molecule has 28 heavy (non-hydrogen) atoms. The molecule has 2 aromatic rings. The minimum absolute atomic E-state index is 0.0397. The molecular formula is C14H12N6O6S2. The molecule has 0 spiro atoms. The fourth-order valence-corrected chi connectivity index (χ4v) is 3.08. The van der Waals surface area contributed by atoms with Gasteiger partial charge in [0.1, 0.15) is 0 Å². The highest BCUT2D eigenvalue weighted by atomic mass is 32.1. The van der Waals surface area contributed by atoms with Gasteiger partial charge in [0.25, 0.3) is 0 Å². The van der Waals surface area contributed by atoms with Crippen molar-refractivity contribution in [3.63, 3.8) is 0 Å². The molecule has 0 aromatic carbocycles. The molecule has 0 aliphatic heterocycles. The molecule has 12 nitrogen and oxygen atoms in total. The Morgan fingerprint density at radius 1 is 0.857 bits per heavy atom. The molecule has 2 amide bonds. The van der Waals surface area contributed by atoms with Crippen molar-refractivity contribution < 1.29 is 19.4 Å². The summed E-state index contributed by atoms with van der Waals surface area (Å²) in [7, 11) is 0. The minimum Gasteiger partial charge on any atom is -0.273 e. The van der Waals surface area contributed by atoms with Crippen LogP contribution in [0.2, 0.25) is 0 Å². The van der Waals surface area contributed by atoms with Gasteiger partial charge in [0.2, 0.25) is 11.8 Å². The summed E-state index contributed by atoms with van der Waals surface area (Å²) in [6.07, 6.45) is 2.24. The Balaban J connectivity index is 1.69. The SMILES string of the molecule is O=C(CCC(=O)N/N=C/c1ccc([N+](=O)[O-])s1)N/N=C\c1ccc([N+](=O)[O-])s1. The van der Waals surface area contributed by atoms with Gasteiger partial charge in [-0.3, -0.25) is 29.8 Å². The summed E-state index contributed by atoms with van der Waals surface area (Å²) in [6.45, 7) is 0. The van der Waals surface area contributed by atoms with Gasteiger partial charge < -0.3 is 0 Å². The smallest absolute Gasteiger partial charge is 0.273 e. The van der Waals surface area contributed by atoms with Gasteiger partial charge in [-0.15, -0.1) is 0 Å². The molecule has 0 bridgehead atoms. The van der Waals surface area contributed by atoms with E-state index in [1.54, 1.807) is 0 Å². The van der Waals surface area contributed by atoms with Crippen molar-refractivity contribution in [2.24, 2.45) is 10.2 Å². The third-order valence-electron chi connectivity index (χ3n) is 2.93. The Morgan fingerprint density at radius 3 is 1.57 bits per heavy atom. The monoisotopic (exact) mass is 424 g/mol. The number of hydrazone groups is 2. The second kappa shape index (κ2) is 9.98. The zero-order valence-corrected chi connectivity index (χ0v) is 15.6. The zero-order valence-electron chi connectivity index (χ0n) is 13.9. The molecule has 2 aromatic heterocycles. The Bertz CT molecular complexity index is 874. The van der Waals surface area contributed by atoms with Gasteiger partial charge in [-0.1, -0.05) is 22.7 Å². The van der Waals surface area contributed by atoms with E-state index < -0.39 is 21.7 Å². The van der Waals surface area contributed by atoms with Crippen molar-refractivity contribution >= 4 is 56.9 Å². The molecule has 146 valence electrons. The molecule has 0 aliphatic carbocycles. The third kappa shape index (κ3) is 6.65. The lowest BCUT2D eigenvalue weighted by Gasteiger charge is -1.99. The first-order valence-corrected chi connectivity index (χ1v) is 9.10. The molecule has 0 fully saturated rings. The van der Waals surface area contributed by atoms with E-state index in [9.17, 15) is 29.8 Å². The Hall–Kier alpha value is -3.52. The van der Waals surface area contributed by atoms with Crippen LogP contribution in [-0.4, -0.2) is 34.1 Å². The van der Waals surface area contributed by atoms with E-state index in [1.807, 2.05) is 0 Å². The van der Waals surface area contributed by atoms with E-state index in [-0.39, 0.29) is 22.8 Å². The summed E-state index contributed by atoms with van der Waals surface area (Å²) in [5.74, 6) is -1.04. The van der Waals surface area contributed by atoms with Crippen LogP contribution < -0.4 is 10.9 Å². The number of carbonyl (C=O) groups excluding carboxylic acids is 2. The topological polar surface area (TPSA) is 169 Å². The molecule has 0 saturated carbocycles. The van der Waals surface area contributed by atoms with E-state index >= 15 is 0 Å². The number of hydrogen-bond donors (Lipinski definition) is 2. The molecule has 0 atom stereocenters. The minimum atomic E-state index is -0.526. The highest BCUT2D eigenvalue weighted by Gasteiger charge is 2.10. The lowest BCUT2D eigenvalue weighted by molar-refractivity contribution is -0.380. The van der Waals surface area contributed by atoms with Crippen LogP contribution in [-0.2, 0) is 9.59 Å². The fourth-order valence-electron chi connectivity index (χ4n) is 1.69. The van der Waals surface area contributed by atoms with Crippen LogP contribution in [0.5, 0.6) is 0 Å². The maximum absolute atomic E-state index is 11.6. The van der Waals surface area contributed by atoms with Crippen molar-refractivity contribution in [1.29, 1.82) is 0 Å². The van der Waals surface area contributed by atoms with Crippen molar-refractivity contribution in [3.05, 3.63) is 54.2 Å². The summed E-state index contributed by atoms with van der Waals surface area (Å²) in [5.41, 5.74) is 4.41. The van der Waals surface area contributed by atoms with Gasteiger partial charge in [0.05, 0.1) is 32.0 Å². The highest BCUT2D eigenvalue weighted by Crippen LogP contribution is 2.22. The average Bonchev–Trinajstić information content (AvgIpc) is 3.30. The van der Waals surface area contributed by atoms with E-state index in [0.717, 1.165) is 22.7 Å². The summed E-state index contributed by atoms with van der Waals surface area (Å²) in [6, 6.07) is 5.64. The normalized spacial score (nSPS) is 11.0. The summed E-state index contributed by atoms with van der Waals surface area (Å²) in [5, 5.41) is 28.4. The fraction of sp³-hybridized carbons (Fsp3) is 0.143. The molecule has 2 rings (SSSR count). The van der Waals surface area contributed by atoms with Crippen molar-refractivity contribution in [3.8, 4) is 0 Å². The average molecular weight is 424 g/mol. The van der Waals surface area contributed by atoms with Gasteiger partial charge in [0.15, 0.2) is 0 Å². The lowest BCUT2D eigenvalue weighted by Crippen LogP contribution is -2.22. The summed E-state index contributed by atoms with van der Waals surface area (Å²) >= 11 is 1.81. The Labute approximate surface area is 164 Å². The number of rotatable bonds is 9. The maximum atomic E-state index is 11.6. The molecule has 2 heterocycles.